The lowest BCUT2D eigenvalue weighted by Crippen LogP contribution is -2.31. The maximum Gasteiger partial charge on any atom is 0.491 e. The van der Waals surface area contributed by atoms with Gasteiger partial charge in [0.1, 0.15) is 5.82 Å². The molecule has 5 nitrogen and oxygen atoms in total. The third kappa shape index (κ3) is 2.75. The lowest BCUT2D eigenvalue weighted by molar-refractivity contribution is 0.425. The molecule has 0 saturated carbocycles. The fourth-order valence-corrected chi connectivity index (χ4v) is 0.604. The molecule has 1 aromatic heterocycles. The molecule has 0 aliphatic carbocycles. The molecule has 1 heterocycles. The standard InChI is InChI=1S/C5H8BN3O2.ClH/c7-1-5-8-2-4(3-9-5)6(10)11;/h2-3,10-11H,1,7H2;1H. The molecule has 0 aliphatic heterocycles. The molecule has 4 N–H and O–H groups in total. The quantitative estimate of drug-likeness (QED) is 0.470. The van der Waals surface area contributed by atoms with Crippen LogP contribution < -0.4 is 11.2 Å². The van der Waals surface area contributed by atoms with E-state index in [-0.39, 0.29) is 24.4 Å². The second-order valence-electron chi connectivity index (χ2n) is 2.01. The van der Waals surface area contributed by atoms with E-state index in [2.05, 4.69) is 9.97 Å². The number of hydrogen-bond acceptors (Lipinski definition) is 5. The van der Waals surface area contributed by atoms with E-state index in [4.69, 9.17) is 15.8 Å². The number of halogens is 1. The van der Waals surface area contributed by atoms with Crippen LogP contribution in [-0.2, 0) is 6.54 Å². The summed E-state index contributed by atoms with van der Waals surface area (Å²) in [6.45, 7) is 0.252. The van der Waals surface area contributed by atoms with Crippen molar-refractivity contribution in [1.29, 1.82) is 0 Å². The summed E-state index contributed by atoms with van der Waals surface area (Å²) < 4.78 is 0. The van der Waals surface area contributed by atoms with Crippen LogP contribution in [0.2, 0.25) is 0 Å². The van der Waals surface area contributed by atoms with Crippen LogP contribution in [0.4, 0.5) is 0 Å². The van der Waals surface area contributed by atoms with Crippen LogP contribution in [0.5, 0.6) is 0 Å². The van der Waals surface area contributed by atoms with E-state index in [0.29, 0.717) is 5.82 Å². The van der Waals surface area contributed by atoms with Crippen molar-refractivity contribution in [2.45, 2.75) is 6.54 Å². The monoisotopic (exact) mass is 189 g/mol. The van der Waals surface area contributed by atoms with Gasteiger partial charge in [-0.2, -0.15) is 0 Å². The summed E-state index contributed by atoms with van der Waals surface area (Å²) in [7, 11) is -1.51. The van der Waals surface area contributed by atoms with Crippen LogP contribution in [0.3, 0.4) is 0 Å². The van der Waals surface area contributed by atoms with E-state index < -0.39 is 7.12 Å². The first-order valence-corrected chi connectivity index (χ1v) is 3.11. The van der Waals surface area contributed by atoms with Gasteiger partial charge in [0.15, 0.2) is 0 Å². The predicted octanol–water partition coefficient (Wildman–Crippen LogP) is -1.96. The van der Waals surface area contributed by atoms with E-state index in [1.165, 1.54) is 12.4 Å². The minimum absolute atomic E-state index is 0. The van der Waals surface area contributed by atoms with Crippen LogP contribution in [0.25, 0.3) is 0 Å². The highest BCUT2D eigenvalue weighted by Crippen LogP contribution is 1.82. The summed E-state index contributed by atoms with van der Waals surface area (Å²) in [5, 5.41) is 17.3. The van der Waals surface area contributed by atoms with E-state index >= 15 is 0 Å². The zero-order valence-electron chi connectivity index (χ0n) is 6.21. The maximum atomic E-state index is 8.63. The summed E-state index contributed by atoms with van der Waals surface area (Å²) in [6.07, 6.45) is 2.67. The van der Waals surface area contributed by atoms with Crippen LogP contribution >= 0.6 is 12.4 Å². The number of aromatic nitrogens is 2. The van der Waals surface area contributed by atoms with Gasteiger partial charge in [-0.15, -0.1) is 12.4 Å². The Kier molecular flexibility index (Phi) is 4.76. The van der Waals surface area contributed by atoms with Crippen molar-refractivity contribution in [3.8, 4) is 0 Å². The zero-order valence-corrected chi connectivity index (χ0v) is 7.03. The molecule has 0 radical (unpaired) electrons. The molecule has 0 atom stereocenters. The Labute approximate surface area is 76.2 Å². The average molecular weight is 189 g/mol. The molecule has 0 spiro atoms. The van der Waals surface area contributed by atoms with Gasteiger partial charge in [-0.25, -0.2) is 9.97 Å². The fraction of sp³-hybridized carbons (Fsp3) is 0.200. The van der Waals surface area contributed by atoms with E-state index in [1.807, 2.05) is 0 Å². The first-order valence-electron chi connectivity index (χ1n) is 3.11. The lowest BCUT2D eigenvalue weighted by Gasteiger charge is -1.97. The normalized spacial score (nSPS) is 8.92. The van der Waals surface area contributed by atoms with Crippen molar-refractivity contribution < 1.29 is 10.0 Å². The Balaban J connectivity index is 0.00000121. The molecule has 0 fully saturated rings. The zero-order chi connectivity index (χ0) is 8.27. The van der Waals surface area contributed by atoms with Crippen LogP contribution in [0, 0.1) is 0 Å². The van der Waals surface area contributed by atoms with Gasteiger partial charge in [0.05, 0.1) is 6.54 Å². The van der Waals surface area contributed by atoms with Gasteiger partial charge < -0.3 is 15.8 Å². The Hall–Kier alpha value is -0.685. The molecule has 0 bridgehead atoms. The first kappa shape index (κ1) is 11.3. The molecule has 0 amide bonds. The first-order chi connectivity index (χ1) is 5.24. The Morgan fingerprint density at radius 2 is 1.83 bits per heavy atom. The number of nitrogens with zero attached hydrogens (tertiary/aromatic N) is 2. The van der Waals surface area contributed by atoms with Crippen molar-refractivity contribution >= 4 is 25.0 Å². The Morgan fingerprint density at radius 3 is 2.17 bits per heavy atom. The summed E-state index contributed by atoms with van der Waals surface area (Å²) >= 11 is 0. The Bertz CT molecular complexity index is 231. The van der Waals surface area contributed by atoms with Gasteiger partial charge in [0.2, 0.25) is 0 Å². The van der Waals surface area contributed by atoms with Crippen molar-refractivity contribution in [1.82, 2.24) is 9.97 Å². The van der Waals surface area contributed by atoms with Gasteiger partial charge in [0, 0.05) is 17.9 Å². The van der Waals surface area contributed by atoms with E-state index in [9.17, 15) is 0 Å². The van der Waals surface area contributed by atoms with Gasteiger partial charge >= 0.3 is 7.12 Å². The molecular formula is C5H9BClN3O2. The Morgan fingerprint density at radius 1 is 1.33 bits per heavy atom. The predicted molar refractivity (Wildman–Crippen MR) is 47.0 cm³/mol. The molecule has 66 valence electrons. The van der Waals surface area contributed by atoms with Gasteiger partial charge in [-0.05, 0) is 0 Å². The largest absolute Gasteiger partial charge is 0.491 e. The number of hydrogen-bond donors (Lipinski definition) is 3. The van der Waals surface area contributed by atoms with Crippen molar-refractivity contribution in [3.05, 3.63) is 18.2 Å². The average Bonchev–Trinajstić information content (AvgIpc) is 2.05. The number of nitrogens with two attached hydrogens (primary N) is 1. The second-order valence-corrected chi connectivity index (χ2v) is 2.01. The maximum absolute atomic E-state index is 8.63. The summed E-state index contributed by atoms with van der Waals surface area (Å²) in [5.74, 6) is 0.481. The second kappa shape index (κ2) is 5.05. The van der Waals surface area contributed by atoms with Crippen LogP contribution in [-0.4, -0.2) is 27.1 Å². The highest BCUT2D eigenvalue weighted by Gasteiger charge is 2.10. The highest BCUT2D eigenvalue weighted by atomic mass is 35.5. The molecule has 0 aromatic carbocycles. The molecule has 1 rings (SSSR count). The fourth-order valence-electron chi connectivity index (χ4n) is 0.604. The van der Waals surface area contributed by atoms with Gasteiger partial charge in [-0.3, -0.25) is 0 Å². The molecule has 0 saturated heterocycles. The minimum atomic E-state index is -1.51. The molecule has 7 heteroatoms. The molecule has 12 heavy (non-hydrogen) atoms. The highest BCUT2D eigenvalue weighted by molar-refractivity contribution is 6.58. The molecule has 0 unspecified atom stereocenters. The van der Waals surface area contributed by atoms with Crippen molar-refractivity contribution in [2.24, 2.45) is 5.73 Å². The summed E-state index contributed by atoms with van der Waals surface area (Å²) in [6, 6.07) is 0. The van der Waals surface area contributed by atoms with Crippen molar-refractivity contribution in [2.75, 3.05) is 0 Å². The minimum Gasteiger partial charge on any atom is -0.423 e. The number of rotatable bonds is 2. The molecule has 1 aromatic rings. The van der Waals surface area contributed by atoms with Gasteiger partial charge in [-0.1, -0.05) is 0 Å². The van der Waals surface area contributed by atoms with Crippen LogP contribution in [0.1, 0.15) is 5.82 Å². The van der Waals surface area contributed by atoms with Crippen molar-refractivity contribution in [3.63, 3.8) is 0 Å². The summed E-state index contributed by atoms with van der Waals surface area (Å²) in [4.78, 5) is 7.52. The molecular weight excluding hydrogens is 180 g/mol. The van der Waals surface area contributed by atoms with Gasteiger partial charge in [0.25, 0.3) is 0 Å². The van der Waals surface area contributed by atoms with E-state index in [0.717, 1.165) is 0 Å². The summed E-state index contributed by atoms with van der Waals surface area (Å²) in [5.41, 5.74) is 5.49. The topological polar surface area (TPSA) is 92.3 Å². The molecule has 0 aliphatic rings. The lowest BCUT2D eigenvalue weighted by atomic mass is 9.83. The van der Waals surface area contributed by atoms with E-state index in [1.54, 1.807) is 0 Å². The van der Waals surface area contributed by atoms with Crippen LogP contribution in [0.15, 0.2) is 12.4 Å². The SMILES string of the molecule is Cl.NCc1ncc(B(O)O)cn1. The third-order valence-electron chi connectivity index (χ3n) is 1.21. The smallest absolute Gasteiger partial charge is 0.423 e. The third-order valence-corrected chi connectivity index (χ3v) is 1.21.